The van der Waals surface area contributed by atoms with Gasteiger partial charge in [-0.05, 0) is 75.3 Å². The van der Waals surface area contributed by atoms with Gasteiger partial charge in [0.25, 0.3) is 0 Å². The Morgan fingerprint density at radius 3 is 2.66 bits per heavy atom. The van der Waals surface area contributed by atoms with E-state index in [-0.39, 0.29) is 22.7 Å². The molecular formula is C22H32BrNO4S. The van der Waals surface area contributed by atoms with Gasteiger partial charge in [-0.25, -0.2) is 8.93 Å². The molecule has 2 fully saturated rings. The fraction of sp³-hybridized carbons (Fsp3) is 0.727. The quantitative estimate of drug-likeness (QED) is 0.634. The molecule has 0 aromatic heterocycles. The lowest BCUT2D eigenvalue weighted by molar-refractivity contribution is -0.182. The van der Waals surface area contributed by atoms with Crippen LogP contribution in [0.4, 0.5) is 0 Å². The molecule has 7 heteroatoms. The van der Waals surface area contributed by atoms with Gasteiger partial charge >= 0.3 is 0 Å². The molecule has 3 aliphatic rings. The molecule has 1 aromatic carbocycles. The second kappa shape index (κ2) is 8.67. The number of rotatable bonds is 6. The van der Waals surface area contributed by atoms with E-state index in [9.17, 15) is 4.21 Å². The van der Waals surface area contributed by atoms with Gasteiger partial charge in [-0.1, -0.05) is 15.9 Å². The standard InChI is InChI=1S/C22H32BrNO4S/c1-21(2,3)29(25)24-19(5-6-20-26-9-4-10-27-20)17-12-16(23)11-15-13-22(7-8-22)28-14-18(15)17/h11-12,19-20,24H,4-10,13-14H2,1-3H3/t19-,29?/m0/s1. The van der Waals surface area contributed by atoms with Crippen LogP contribution in [0.5, 0.6) is 0 Å². The molecule has 1 saturated heterocycles. The summed E-state index contributed by atoms with van der Waals surface area (Å²) in [4.78, 5) is 0. The predicted molar refractivity (Wildman–Crippen MR) is 118 cm³/mol. The van der Waals surface area contributed by atoms with Crippen LogP contribution < -0.4 is 4.72 Å². The Morgan fingerprint density at radius 2 is 2.00 bits per heavy atom. The van der Waals surface area contributed by atoms with Crippen molar-refractivity contribution in [3.63, 3.8) is 0 Å². The normalized spacial score (nSPS) is 23.6. The maximum atomic E-state index is 13.0. The van der Waals surface area contributed by atoms with Crippen LogP contribution in [-0.2, 0) is 38.2 Å². The van der Waals surface area contributed by atoms with E-state index >= 15 is 0 Å². The van der Waals surface area contributed by atoms with Gasteiger partial charge in [0.2, 0.25) is 0 Å². The number of ether oxygens (including phenoxy) is 3. The van der Waals surface area contributed by atoms with Crippen molar-refractivity contribution in [1.29, 1.82) is 0 Å². The SMILES string of the molecule is CC(C)(C)S(=O)N[C@@H](CCC1OCCCO1)c1cc(Br)cc2c1COC1(CC1)C2. The summed E-state index contributed by atoms with van der Waals surface area (Å²) in [6.45, 7) is 8.12. The van der Waals surface area contributed by atoms with Crippen LogP contribution in [0.1, 0.15) is 75.6 Å². The van der Waals surface area contributed by atoms with Gasteiger partial charge in [0.05, 0.1) is 41.2 Å². The number of benzene rings is 1. The number of hydrogen-bond acceptors (Lipinski definition) is 4. The Kier molecular flexibility index (Phi) is 6.55. The molecule has 1 N–H and O–H groups in total. The Balaban J connectivity index is 1.59. The van der Waals surface area contributed by atoms with Crippen molar-refractivity contribution in [2.45, 2.75) is 88.6 Å². The van der Waals surface area contributed by atoms with E-state index in [1.165, 1.54) is 16.7 Å². The monoisotopic (exact) mass is 485 g/mol. The minimum absolute atomic E-state index is 0.0488. The first kappa shape index (κ1) is 21.9. The Hall–Kier alpha value is -0.310. The third-order valence-corrected chi connectivity index (χ3v) is 8.02. The average molecular weight is 486 g/mol. The number of fused-ring (bicyclic) bond motifs is 1. The number of nitrogens with one attached hydrogen (secondary N) is 1. The minimum atomic E-state index is -1.17. The Bertz CT molecular complexity index is 769. The van der Waals surface area contributed by atoms with E-state index in [2.05, 4.69) is 32.8 Å². The second-order valence-corrected chi connectivity index (χ2v) is 12.3. The van der Waals surface area contributed by atoms with Crippen LogP contribution in [0.2, 0.25) is 0 Å². The van der Waals surface area contributed by atoms with Gasteiger partial charge in [0.1, 0.15) is 0 Å². The van der Waals surface area contributed by atoms with E-state index in [1.807, 2.05) is 20.8 Å². The highest BCUT2D eigenvalue weighted by atomic mass is 79.9. The summed E-state index contributed by atoms with van der Waals surface area (Å²) in [6.07, 6.45) is 5.61. The zero-order chi connectivity index (χ0) is 20.6. The summed E-state index contributed by atoms with van der Waals surface area (Å²) >= 11 is 3.71. The summed E-state index contributed by atoms with van der Waals surface area (Å²) in [5, 5.41) is 0. The van der Waals surface area contributed by atoms with Crippen molar-refractivity contribution in [3.8, 4) is 0 Å². The van der Waals surface area contributed by atoms with Crippen molar-refractivity contribution in [2.24, 2.45) is 0 Å². The number of hydrogen-bond donors (Lipinski definition) is 1. The first-order valence-corrected chi connectivity index (χ1v) is 12.6. The summed E-state index contributed by atoms with van der Waals surface area (Å²) in [5.41, 5.74) is 3.86. The van der Waals surface area contributed by atoms with Crippen molar-refractivity contribution >= 4 is 26.9 Å². The van der Waals surface area contributed by atoms with E-state index in [4.69, 9.17) is 14.2 Å². The van der Waals surface area contributed by atoms with Gasteiger partial charge in [0.15, 0.2) is 6.29 Å². The predicted octanol–water partition coefficient (Wildman–Crippen LogP) is 4.69. The fourth-order valence-electron chi connectivity index (χ4n) is 4.03. The molecule has 1 saturated carbocycles. The largest absolute Gasteiger partial charge is 0.370 e. The van der Waals surface area contributed by atoms with Crippen LogP contribution in [0.15, 0.2) is 16.6 Å². The fourth-order valence-corrected chi connectivity index (χ4v) is 5.41. The molecule has 2 atom stereocenters. The highest BCUT2D eigenvalue weighted by Crippen LogP contribution is 2.48. The maximum absolute atomic E-state index is 13.0. The van der Waals surface area contributed by atoms with E-state index < -0.39 is 11.0 Å². The van der Waals surface area contributed by atoms with Crippen LogP contribution >= 0.6 is 15.9 Å². The summed E-state index contributed by atoms with van der Waals surface area (Å²) in [6, 6.07) is 4.34. The molecule has 4 rings (SSSR count). The molecule has 1 aliphatic carbocycles. The molecule has 1 unspecified atom stereocenters. The van der Waals surface area contributed by atoms with Gasteiger partial charge in [-0.15, -0.1) is 0 Å². The summed E-state index contributed by atoms with van der Waals surface area (Å²) < 4.78 is 34.8. The molecule has 0 radical (unpaired) electrons. The van der Waals surface area contributed by atoms with Crippen LogP contribution in [-0.4, -0.2) is 34.1 Å². The molecule has 162 valence electrons. The van der Waals surface area contributed by atoms with Crippen molar-refractivity contribution in [1.82, 2.24) is 4.72 Å². The zero-order valence-corrected chi connectivity index (χ0v) is 20.0. The molecular weight excluding hydrogens is 454 g/mol. The van der Waals surface area contributed by atoms with Gasteiger partial charge in [0, 0.05) is 23.4 Å². The van der Waals surface area contributed by atoms with Crippen molar-refractivity contribution < 1.29 is 18.4 Å². The van der Waals surface area contributed by atoms with Crippen molar-refractivity contribution in [3.05, 3.63) is 33.3 Å². The molecule has 2 aliphatic heterocycles. The molecule has 0 amide bonds. The topological polar surface area (TPSA) is 56.8 Å². The molecule has 1 spiro atoms. The lowest BCUT2D eigenvalue weighted by Gasteiger charge is -2.32. The summed E-state index contributed by atoms with van der Waals surface area (Å²) in [7, 11) is -1.17. The third kappa shape index (κ3) is 5.31. The molecule has 29 heavy (non-hydrogen) atoms. The lowest BCUT2D eigenvalue weighted by Crippen LogP contribution is -2.37. The van der Waals surface area contributed by atoms with Gasteiger partial charge < -0.3 is 14.2 Å². The molecule has 1 aromatic rings. The number of halogens is 1. The first-order chi connectivity index (χ1) is 13.8. The first-order valence-electron chi connectivity index (χ1n) is 10.6. The van der Waals surface area contributed by atoms with Gasteiger partial charge in [-0.3, -0.25) is 0 Å². The Labute approximate surface area is 185 Å². The van der Waals surface area contributed by atoms with Crippen molar-refractivity contribution in [2.75, 3.05) is 13.2 Å². The minimum Gasteiger partial charge on any atom is -0.370 e. The van der Waals surface area contributed by atoms with Crippen LogP contribution in [0, 0.1) is 0 Å². The Morgan fingerprint density at radius 1 is 1.28 bits per heavy atom. The molecule has 0 bridgehead atoms. The van der Waals surface area contributed by atoms with E-state index in [0.29, 0.717) is 6.61 Å². The third-order valence-electron chi connectivity index (χ3n) is 5.95. The highest BCUT2D eigenvalue weighted by molar-refractivity contribution is 9.10. The average Bonchev–Trinajstić information content (AvgIpc) is 3.42. The maximum Gasteiger partial charge on any atom is 0.157 e. The van der Waals surface area contributed by atoms with E-state index in [0.717, 1.165) is 56.2 Å². The van der Waals surface area contributed by atoms with Crippen LogP contribution in [0.25, 0.3) is 0 Å². The lowest BCUT2D eigenvalue weighted by atomic mass is 9.89. The summed E-state index contributed by atoms with van der Waals surface area (Å²) in [5.74, 6) is 0. The van der Waals surface area contributed by atoms with E-state index in [1.54, 1.807) is 0 Å². The van der Waals surface area contributed by atoms with Crippen LogP contribution in [0.3, 0.4) is 0 Å². The zero-order valence-electron chi connectivity index (χ0n) is 17.6. The second-order valence-electron chi connectivity index (χ2n) is 9.43. The molecule has 5 nitrogen and oxygen atoms in total. The highest BCUT2D eigenvalue weighted by Gasteiger charge is 2.47. The molecule has 2 heterocycles. The smallest absolute Gasteiger partial charge is 0.157 e. The van der Waals surface area contributed by atoms with Gasteiger partial charge in [-0.2, -0.15) is 0 Å².